The number of nitrogens with zero attached hydrogens (tertiary/aromatic N) is 2. The number of hydrogen-bond donors (Lipinski definition) is 0. The molecule has 1 aromatic carbocycles. The largest absolute Gasteiger partial charge is 0.454 e. The Balaban J connectivity index is 1.82. The van der Waals surface area contributed by atoms with E-state index in [0.29, 0.717) is 11.6 Å². The van der Waals surface area contributed by atoms with Crippen LogP contribution in [0.3, 0.4) is 0 Å². The first-order valence-corrected chi connectivity index (χ1v) is 7.80. The van der Waals surface area contributed by atoms with E-state index in [-0.39, 0.29) is 0 Å². The molecule has 1 fully saturated rings. The lowest BCUT2D eigenvalue weighted by Gasteiger charge is -2.31. The summed E-state index contributed by atoms with van der Waals surface area (Å²) in [5, 5.41) is 2.29. The van der Waals surface area contributed by atoms with Crippen molar-refractivity contribution in [3.8, 4) is 11.5 Å². The molecule has 5 heteroatoms. The molecule has 2 aliphatic rings. The number of ether oxygens (including phenoxy) is 2. The van der Waals surface area contributed by atoms with Crippen LogP contribution in [0.1, 0.15) is 12.8 Å². The molecule has 0 radical (unpaired) electrons. The fraction of sp³-hybridized carbons (Fsp3) is 0.400. The van der Waals surface area contributed by atoms with Crippen molar-refractivity contribution in [2.45, 2.75) is 17.7 Å². The molecular weight excluding hydrogens is 320 g/mol. The molecule has 104 valence electrons. The van der Waals surface area contributed by atoms with Gasteiger partial charge in [0, 0.05) is 29.5 Å². The zero-order valence-electron chi connectivity index (χ0n) is 11.0. The van der Waals surface area contributed by atoms with E-state index >= 15 is 0 Å². The highest BCUT2D eigenvalue weighted by Gasteiger charge is 2.22. The highest BCUT2D eigenvalue weighted by Crippen LogP contribution is 2.39. The number of benzene rings is 1. The van der Waals surface area contributed by atoms with E-state index in [1.165, 1.54) is 12.8 Å². The third-order valence-corrected chi connectivity index (χ3v) is 4.65. The maximum absolute atomic E-state index is 5.49. The van der Waals surface area contributed by atoms with E-state index in [4.69, 9.17) is 9.47 Å². The molecule has 4 rings (SSSR count). The molecule has 0 bridgehead atoms. The summed E-state index contributed by atoms with van der Waals surface area (Å²) >= 11 is 3.73. The first-order chi connectivity index (χ1) is 9.81. The third-order valence-electron chi connectivity index (χ3n) is 3.90. The summed E-state index contributed by atoms with van der Waals surface area (Å²) in [6.07, 6.45) is 4.30. The van der Waals surface area contributed by atoms with Crippen LogP contribution in [0.15, 0.2) is 24.4 Å². The summed E-state index contributed by atoms with van der Waals surface area (Å²) in [7, 11) is 0. The van der Waals surface area contributed by atoms with Crippen LogP contribution in [0.4, 0.5) is 5.82 Å². The summed E-state index contributed by atoms with van der Waals surface area (Å²) in [5.41, 5.74) is 0. The van der Waals surface area contributed by atoms with Crippen molar-refractivity contribution in [1.29, 1.82) is 0 Å². The van der Waals surface area contributed by atoms with Crippen LogP contribution >= 0.6 is 15.9 Å². The van der Waals surface area contributed by atoms with Gasteiger partial charge in [-0.1, -0.05) is 15.9 Å². The van der Waals surface area contributed by atoms with Gasteiger partial charge in [0.2, 0.25) is 6.79 Å². The molecule has 3 heterocycles. The van der Waals surface area contributed by atoms with E-state index in [1.807, 2.05) is 18.3 Å². The van der Waals surface area contributed by atoms with Crippen LogP contribution in [0.25, 0.3) is 10.8 Å². The van der Waals surface area contributed by atoms with Gasteiger partial charge in [-0.3, -0.25) is 0 Å². The van der Waals surface area contributed by atoms with Gasteiger partial charge < -0.3 is 14.4 Å². The third kappa shape index (κ3) is 2.00. The van der Waals surface area contributed by atoms with E-state index in [2.05, 4.69) is 31.9 Å². The van der Waals surface area contributed by atoms with Gasteiger partial charge in [-0.2, -0.15) is 0 Å². The van der Waals surface area contributed by atoms with Crippen molar-refractivity contribution in [3.63, 3.8) is 0 Å². The normalized spacial score (nSPS) is 21.4. The number of alkyl halides is 1. The summed E-state index contributed by atoms with van der Waals surface area (Å²) in [4.78, 5) is 7.50. The van der Waals surface area contributed by atoms with Crippen LogP contribution in [-0.4, -0.2) is 29.7 Å². The van der Waals surface area contributed by atoms with Gasteiger partial charge in [-0.05, 0) is 36.4 Å². The van der Waals surface area contributed by atoms with Crippen molar-refractivity contribution in [3.05, 3.63) is 24.4 Å². The predicted molar refractivity (Wildman–Crippen MR) is 82.0 cm³/mol. The lowest BCUT2D eigenvalue weighted by atomic mass is 10.1. The SMILES string of the molecule is BrC1CCCN(c2nccc3cc4c(cc23)OCO4)C1. The molecule has 1 saturated heterocycles. The van der Waals surface area contributed by atoms with Gasteiger partial charge in [-0.25, -0.2) is 4.98 Å². The molecule has 0 aliphatic carbocycles. The average Bonchev–Trinajstić information content (AvgIpc) is 2.91. The van der Waals surface area contributed by atoms with E-state index in [9.17, 15) is 0 Å². The second kappa shape index (κ2) is 4.81. The van der Waals surface area contributed by atoms with Gasteiger partial charge in [0.25, 0.3) is 0 Å². The molecule has 0 N–H and O–H groups in total. The Kier molecular flexibility index (Phi) is 2.95. The highest BCUT2D eigenvalue weighted by atomic mass is 79.9. The maximum Gasteiger partial charge on any atom is 0.231 e. The minimum absolute atomic E-state index is 0.307. The molecule has 1 unspecified atom stereocenters. The van der Waals surface area contributed by atoms with Gasteiger partial charge in [0.15, 0.2) is 11.5 Å². The molecule has 4 nitrogen and oxygen atoms in total. The zero-order chi connectivity index (χ0) is 13.5. The Bertz CT molecular complexity index is 662. The lowest BCUT2D eigenvalue weighted by Crippen LogP contribution is -2.36. The standard InChI is InChI=1S/C15H15BrN2O2/c16-11-2-1-5-18(8-11)15-12-7-14-13(19-9-20-14)6-10(12)3-4-17-15/h3-4,6-7,11H,1-2,5,8-9H2. The summed E-state index contributed by atoms with van der Waals surface area (Å²) in [6, 6.07) is 6.12. The molecule has 2 aromatic rings. The fourth-order valence-corrected chi connectivity index (χ4v) is 3.59. The molecule has 0 saturated carbocycles. The number of aromatic nitrogens is 1. The molecular formula is C15H15BrN2O2. The Morgan fingerprint density at radius 2 is 2.10 bits per heavy atom. The van der Waals surface area contributed by atoms with E-state index < -0.39 is 0 Å². The van der Waals surface area contributed by atoms with Crippen molar-refractivity contribution in [2.24, 2.45) is 0 Å². The maximum atomic E-state index is 5.49. The van der Waals surface area contributed by atoms with E-state index in [0.717, 1.165) is 41.2 Å². The van der Waals surface area contributed by atoms with Crippen LogP contribution in [-0.2, 0) is 0 Å². The molecule has 2 aliphatic heterocycles. The van der Waals surface area contributed by atoms with E-state index in [1.54, 1.807) is 0 Å². The Morgan fingerprint density at radius 3 is 2.95 bits per heavy atom. The van der Waals surface area contributed by atoms with Crippen molar-refractivity contribution in [2.75, 3.05) is 24.8 Å². The second-order valence-electron chi connectivity index (χ2n) is 5.25. The van der Waals surface area contributed by atoms with Gasteiger partial charge >= 0.3 is 0 Å². The smallest absolute Gasteiger partial charge is 0.231 e. The summed E-state index contributed by atoms with van der Waals surface area (Å²) in [6.45, 7) is 2.37. The molecule has 1 atom stereocenters. The minimum atomic E-state index is 0.307. The van der Waals surface area contributed by atoms with Gasteiger partial charge in [0.1, 0.15) is 5.82 Å². The van der Waals surface area contributed by atoms with Gasteiger partial charge in [0.05, 0.1) is 0 Å². The van der Waals surface area contributed by atoms with Crippen LogP contribution in [0.2, 0.25) is 0 Å². The van der Waals surface area contributed by atoms with Crippen LogP contribution in [0, 0.1) is 0 Å². The van der Waals surface area contributed by atoms with Crippen molar-refractivity contribution in [1.82, 2.24) is 4.98 Å². The monoisotopic (exact) mass is 334 g/mol. The average molecular weight is 335 g/mol. The zero-order valence-corrected chi connectivity index (χ0v) is 12.6. The second-order valence-corrected chi connectivity index (χ2v) is 6.54. The topological polar surface area (TPSA) is 34.6 Å². The van der Waals surface area contributed by atoms with Crippen LogP contribution in [0.5, 0.6) is 11.5 Å². The van der Waals surface area contributed by atoms with Crippen molar-refractivity contribution < 1.29 is 9.47 Å². The Labute approximate surface area is 125 Å². The van der Waals surface area contributed by atoms with Crippen molar-refractivity contribution >= 4 is 32.5 Å². The number of halogens is 1. The Morgan fingerprint density at radius 1 is 1.25 bits per heavy atom. The number of piperidine rings is 1. The number of fused-ring (bicyclic) bond motifs is 2. The number of pyridine rings is 1. The quantitative estimate of drug-likeness (QED) is 0.749. The molecule has 0 amide bonds. The lowest BCUT2D eigenvalue weighted by molar-refractivity contribution is 0.174. The molecule has 20 heavy (non-hydrogen) atoms. The summed E-state index contributed by atoms with van der Waals surface area (Å²) in [5.74, 6) is 2.69. The molecule has 1 aromatic heterocycles. The first kappa shape index (κ1) is 12.3. The highest BCUT2D eigenvalue weighted by molar-refractivity contribution is 9.09. The fourth-order valence-electron chi connectivity index (χ4n) is 2.92. The summed E-state index contributed by atoms with van der Waals surface area (Å²) < 4.78 is 10.9. The predicted octanol–water partition coefficient (Wildman–Crippen LogP) is 3.33. The number of hydrogen-bond acceptors (Lipinski definition) is 4. The molecule has 0 spiro atoms. The number of anilines is 1. The van der Waals surface area contributed by atoms with Gasteiger partial charge in [-0.15, -0.1) is 0 Å². The Hall–Kier alpha value is -1.49. The minimum Gasteiger partial charge on any atom is -0.454 e. The van der Waals surface area contributed by atoms with Crippen LogP contribution < -0.4 is 14.4 Å². The first-order valence-electron chi connectivity index (χ1n) is 6.88. The number of rotatable bonds is 1.